The van der Waals surface area contributed by atoms with Crippen LogP contribution in [0, 0.1) is 5.92 Å². The minimum atomic E-state index is -3.56. The Morgan fingerprint density at radius 3 is 2.71 bits per heavy atom. The first-order valence-electron chi connectivity index (χ1n) is 8.37. The van der Waals surface area contributed by atoms with Crippen LogP contribution in [0.5, 0.6) is 0 Å². The van der Waals surface area contributed by atoms with Gasteiger partial charge >= 0.3 is 0 Å². The van der Waals surface area contributed by atoms with Crippen molar-refractivity contribution in [3.05, 3.63) is 48.3 Å². The van der Waals surface area contributed by atoms with Crippen LogP contribution in [0.2, 0.25) is 0 Å². The van der Waals surface area contributed by atoms with E-state index in [0.717, 1.165) is 31.2 Å². The van der Waals surface area contributed by atoms with E-state index in [1.54, 1.807) is 10.9 Å². The van der Waals surface area contributed by atoms with Crippen LogP contribution in [0.4, 0.5) is 0 Å². The Morgan fingerprint density at radius 1 is 1.21 bits per heavy atom. The number of hydrogen-bond acceptors (Lipinski definition) is 4. The fourth-order valence-electron chi connectivity index (χ4n) is 3.25. The fraction of sp³-hybridized carbons (Fsp3) is 0.471. The van der Waals surface area contributed by atoms with Crippen molar-refractivity contribution in [1.29, 1.82) is 0 Å². The number of nitrogens with zero attached hydrogens (tertiary/aromatic N) is 2. The van der Waals surface area contributed by atoms with E-state index in [-0.39, 0.29) is 16.9 Å². The van der Waals surface area contributed by atoms with Crippen molar-refractivity contribution in [2.75, 3.05) is 6.54 Å². The minimum Gasteiger partial charge on any atom is -0.330 e. The Bertz CT molecular complexity index is 758. The van der Waals surface area contributed by atoms with Crippen molar-refractivity contribution in [2.24, 2.45) is 11.7 Å². The summed E-state index contributed by atoms with van der Waals surface area (Å²) in [6.07, 6.45) is 6.98. The topological polar surface area (TPSA) is 90.0 Å². The molecule has 1 aliphatic rings. The number of nitrogens with one attached hydrogen (secondary N) is 1. The maximum atomic E-state index is 12.6. The summed E-state index contributed by atoms with van der Waals surface area (Å²) in [5.41, 5.74) is 6.87. The van der Waals surface area contributed by atoms with E-state index >= 15 is 0 Å². The molecule has 6 nitrogen and oxygen atoms in total. The molecule has 1 aliphatic carbocycles. The SMILES string of the molecule is NC[C@H]1CCCC[C@H]1NS(=O)(=O)c1cnn(Cc2ccccc2)c1. The molecular formula is C17H24N4O2S. The van der Waals surface area contributed by atoms with E-state index in [0.29, 0.717) is 13.1 Å². The summed E-state index contributed by atoms with van der Waals surface area (Å²) in [7, 11) is -3.56. The highest BCUT2D eigenvalue weighted by Gasteiger charge is 2.29. The van der Waals surface area contributed by atoms with Gasteiger partial charge in [-0.3, -0.25) is 4.68 Å². The molecule has 0 radical (unpaired) electrons. The van der Waals surface area contributed by atoms with E-state index in [9.17, 15) is 8.42 Å². The summed E-state index contributed by atoms with van der Waals surface area (Å²) in [6.45, 7) is 1.06. The Balaban J connectivity index is 1.71. The average molecular weight is 348 g/mol. The van der Waals surface area contributed by atoms with Crippen molar-refractivity contribution in [2.45, 2.75) is 43.2 Å². The zero-order chi connectivity index (χ0) is 17.0. The number of aromatic nitrogens is 2. The molecule has 0 unspecified atom stereocenters. The average Bonchev–Trinajstić information content (AvgIpc) is 3.05. The van der Waals surface area contributed by atoms with Gasteiger partial charge in [0.25, 0.3) is 0 Å². The molecule has 1 heterocycles. The first-order valence-corrected chi connectivity index (χ1v) is 9.85. The molecule has 1 aromatic heterocycles. The van der Waals surface area contributed by atoms with Crippen LogP contribution >= 0.6 is 0 Å². The van der Waals surface area contributed by atoms with Gasteiger partial charge in [0.05, 0.1) is 12.7 Å². The van der Waals surface area contributed by atoms with Gasteiger partial charge in [0.2, 0.25) is 10.0 Å². The molecule has 130 valence electrons. The van der Waals surface area contributed by atoms with Gasteiger partial charge in [0, 0.05) is 12.2 Å². The molecule has 0 bridgehead atoms. The highest BCUT2D eigenvalue weighted by atomic mass is 32.2. The van der Waals surface area contributed by atoms with Crippen LogP contribution in [0.3, 0.4) is 0 Å². The van der Waals surface area contributed by atoms with Gasteiger partial charge in [-0.25, -0.2) is 13.1 Å². The predicted octanol–water partition coefficient (Wildman–Crippen LogP) is 1.73. The third-order valence-electron chi connectivity index (χ3n) is 4.63. The van der Waals surface area contributed by atoms with Crippen LogP contribution in [0.1, 0.15) is 31.2 Å². The summed E-state index contributed by atoms with van der Waals surface area (Å²) in [6, 6.07) is 9.75. The van der Waals surface area contributed by atoms with Crippen LogP contribution in [0.15, 0.2) is 47.6 Å². The van der Waals surface area contributed by atoms with Crippen LogP contribution in [-0.2, 0) is 16.6 Å². The number of hydrogen-bond donors (Lipinski definition) is 2. The molecule has 0 saturated heterocycles. The van der Waals surface area contributed by atoms with Crippen molar-refractivity contribution in [1.82, 2.24) is 14.5 Å². The molecule has 2 atom stereocenters. The van der Waals surface area contributed by atoms with Crippen molar-refractivity contribution >= 4 is 10.0 Å². The molecule has 3 rings (SSSR count). The van der Waals surface area contributed by atoms with Gasteiger partial charge in [0.1, 0.15) is 4.90 Å². The van der Waals surface area contributed by atoms with Gasteiger partial charge in [-0.15, -0.1) is 0 Å². The third-order valence-corrected chi connectivity index (χ3v) is 6.07. The normalized spacial score (nSPS) is 21.7. The Kier molecular flexibility index (Phi) is 5.33. The van der Waals surface area contributed by atoms with E-state index in [1.165, 1.54) is 6.20 Å². The molecule has 3 N–H and O–H groups in total. The summed E-state index contributed by atoms with van der Waals surface area (Å²) in [5.74, 6) is 0.216. The zero-order valence-electron chi connectivity index (χ0n) is 13.6. The maximum absolute atomic E-state index is 12.6. The Labute approximate surface area is 143 Å². The smallest absolute Gasteiger partial charge is 0.243 e. The van der Waals surface area contributed by atoms with Gasteiger partial charge in [-0.1, -0.05) is 43.2 Å². The second kappa shape index (κ2) is 7.46. The molecule has 1 fully saturated rings. The van der Waals surface area contributed by atoms with E-state index in [2.05, 4.69) is 9.82 Å². The zero-order valence-corrected chi connectivity index (χ0v) is 14.5. The fourth-order valence-corrected chi connectivity index (χ4v) is 4.54. The van der Waals surface area contributed by atoms with E-state index in [4.69, 9.17) is 5.73 Å². The highest BCUT2D eigenvalue weighted by Crippen LogP contribution is 2.25. The summed E-state index contributed by atoms with van der Waals surface area (Å²) < 4.78 is 29.7. The number of nitrogens with two attached hydrogens (primary N) is 1. The third kappa shape index (κ3) is 4.03. The number of rotatable bonds is 6. The van der Waals surface area contributed by atoms with Crippen molar-refractivity contribution < 1.29 is 8.42 Å². The largest absolute Gasteiger partial charge is 0.330 e. The quantitative estimate of drug-likeness (QED) is 0.832. The van der Waals surface area contributed by atoms with Crippen molar-refractivity contribution in [3.63, 3.8) is 0 Å². The molecule has 7 heteroatoms. The molecule has 0 spiro atoms. The predicted molar refractivity (Wildman–Crippen MR) is 92.9 cm³/mol. The lowest BCUT2D eigenvalue weighted by Crippen LogP contribution is -2.44. The van der Waals surface area contributed by atoms with E-state index in [1.807, 2.05) is 30.3 Å². The summed E-state index contributed by atoms with van der Waals surface area (Å²) >= 11 is 0. The lowest BCUT2D eigenvalue weighted by atomic mass is 9.85. The first-order chi connectivity index (χ1) is 11.6. The van der Waals surface area contributed by atoms with Crippen LogP contribution in [0.25, 0.3) is 0 Å². The van der Waals surface area contributed by atoms with Crippen LogP contribution < -0.4 is 10.5 Å². The minimum absolute atomic E-state index is 0.0776. The monoisotopic (exact) mass is 348 g/mol. The van der Waals surface area contributed by atoms with Gasteiger partial charge in [0.15, 0.2) is 0 Å². The lowest BCUT2D eigenvalue weighted by molar-refractivity contribution is 0.296. The number of sulfonamides is 1. The van der Waals surface area contributed by atoms with Gasteiger partial charge < -0.3 is 5.73 Å². The Morgan fingerprint density at radius 2 is 1.96 bits per heavy atom. The van der Waals surface area contributed by atoms with Gasteiger partial charge in [-0.05, 0) is 30.9 Å². The maximum Gasteiger partial charge on any atom is 0.243 e. The molecule has 1 saturated carbocycles. The Hall–Kier alpha value is -1.70. The summed E-state index contributed by atoms with van der Waals surface area (Å²) in [5, 5.41) is 4.18. The molecule has 2 aromatic rings. The second-order valence-electron chi connectivity index (χ2n) is 6.37. The second-order valence-corrected chi connectivity index (χ2v) is 8.08. The molecule has 0 amide bonds. The summed E-state index contributed by atoms with van der Waals surface area (Å²) in [4.78, 5) is 0.208. The molecule has 24 heavy (non-hydrogen) atoms. The number of benzene rings is 1. The first kappa shape index (κ1) is 17.1. The molecule has 1 aromatic carbocycles. The highest BCUT2D eigenvalue weighted by molar-refractivity contribution is 7.89. The van der Waals surface area contributed by atoms with E-state index < -0.39 is 10.0 Å². The van der Waals surface area contributed by atoms with Crippen molar-refractivity contribution in [3.8, 4) is 0 Å². The van der Waals surface area contributed by atoms with Crippen LogP contribution in [-0.4, -0.2) is 30.8 Å². The molecular weight excluding hydrogens is 324 g/mol. The molecule has 0 aliphatic heterocycles. The van der Waals surface area contributed by atoms with Gasteiger partial charge in [-0.2, -0.15) is 5.10 Å². The lowest BCUT2D eigenvalue weighted by Gasteiger charge is -2.30. The standard InChI is InChI=1S/C17H24N4O2S/c18-10-15-8-4-5-9-17(15)20-24(22,23)16-11-19-21(13-16)12-14-6-2-1-3-7-14/h1-3,6-7,11,13,15,17,20H,4-5,8-10,12,18H2/t15-,17-/m1/s1.